The highest BCUT2D eigenvalue weighted by molar-refractivity contribution is 6.22. The van der Waals surface area contributed by atoms with Gasteiger partial charge in [0.25, 0.3) is 0 Å². The van der Waals surface area contributed by atoms with Gasteiger partial charge in [0.2, 0.25) is 0 Å². The van der Waals surface area contributed by atoms with Crippen molar-refractivity contribution >= 4 is 43.4 Å². The Kier molecular flexibility index (Phi) is 5.66. The standard InChI is InChI=1S/C46H32N2/c1-46(2)39-16-8-7-13-33(39)36-26-37-38(27-40(36)46)44(32-24-19-28-11-3-4-12-31(28)25-32)35-15-6-5-14-34(35)43(37)29-20-22-30(23-21-29)45-47-41-17-9-10-18-42(41)48-45/h3-27H,1-2H3,(H,47,48). The van der Waals surface area contributed by atoms with Crippen molar-refractivity contribution in [3.63, 3.8) is 0 Å². The number of fused-ring (bicyclic) bond motifs is 7. The highest BCUT2D eigenvalue weighted by Gasteiger charge is 2.36. The molecule has 0 saturated carbocycles. The lowest BCUT2D eigenvalue weighted by molar-refractivity contribution is 0.661. The Balaban J connectivity index is 1.28. The highest BCUT2D eigenvalue weighted by atomic mass is 14.9. The first kappa shape index (κ1) is 27.2. The van der Waals surface area contributed by atoms with E-state index in [-0.39, 0.29) is 5.41 Å². The summed E-state index contributed by atoms with van der Waals surface area (Å²) in [5.41, 5.74) is 13.5. The number of hydrogen-bond acceptors (Lipinski definition) is 1. The van der Waals surface area contributed by atoms with Gasteiger partial charge in [0.1, 0.15) is 5.82 Å². The molecule has 8 aromatic carbocycles. The molecule has 9 aromatic rings. The lowest BCUT2D eigenvalue weighted by Crippen LogP contribution is -2.14. The van der Waals surface area contributed by atoms with Crippen LogP contribution in [-0.2, 0) is 5.41 Å². The number of nitrogens with zero attached hydrogens (tertiary/aromatic N) is 1. The Bertz CT molecular complexity index is 2710. The number of aromatic amines is 1. The molecule has 226 valence electrons. The van der Waals surface area contributed by atoms with Crippen LogP contribution in [0.3, 0.4) is 0 Å². The molecule has 1 aromatic heterocycles. The number of hydrogen-bond donors (Lipinski definition) is 1. The molecule has 0 saturated heterocycles. The van der Waals surface area contributed by atoms with Crippen LogP contribution >= 0.6 is 0 Å². The van der Waals surface area contributed by atoms with Gasteiger partial charge in [-0.2, -0.15) is 0 Å². The van der Waals surface area contributed by atoms with Crippen LogP contribution in [0.5, 0.6) is 0 Å². The fraction of sp³-hybridized carbons (Fsp3) is 0.0652. The molecular weight excluding hydrogens is 581 g/mol. The number of para-hydroxylation sites is 2. The minimum atomic E-state index is -0.0964. The summed E-state index contributed by atoms with van der Waals surface area (Å²) in [5, 5.41) is 7.61. The van der Waals surface area contributed by atoms with Gasteiger partial charge in [0.15, 0.2) is 0 Å². The third-order valence-corrected chi connectivity index (χ3v) is 10.6. The molecule has 0 atom stereocenters. The SMILES string of the molecule is CC1(C)c2ccccc2-c2cc3c(-c4ccc(-c5nc6ccccc6[nH]5)cc4)c4ccccc4c(-c4ccc5ccccc5c4)c3cc21. The topological polar surface area (TPSA) is 28.7 Å². The first-order valence-electron chi connectivity index (χ1n) is 16.7. The first-order chi connectivity index (χ1) is 23.5. The Labute approximate surface area is 279 Å². The summed E-state index contributed by atoms with van der Waals surface area (Å²) in [6.07, 6.45) is 0. The van der Waals surface area contributed by atoms with Crippen LogP contribution in [0.2, 0.25) is 0 Å². The van der Waals surface area contributed by atoms with Gasteiger partial charge in [-0.3, -0.25) is 0 Å². The molecule has 0 aliphatic heterocycles. The van der Waals surface area contributed by atoms with Crippen LogP contribution in [0.4, 0.5) is 0 Å². The van der Waals surface area contributed by atoms with E-state index in [1.165, 1.54) is 76.8 Å². The van der Waals surface area contributed by atoms with Crippen LogP contribution < -0.4 is 0 Å². The molecule has 0 radical (unpaired) electrons. The van der Waals surface area contributed by atoms with Crippen LogP contribution in [0, 0.1) is 0 Å². The number of H-pyrrole nitrogens is 1. The summed E-state index contributed by atoms with van der Waals surface area (Å²) < 4.78 is 0. The predicted octanol–water partition coefficient (Wildman–Crippen LogP) is 12.3. The zero-order valence-corrected chi connectivity index (χ0v) is 26.9. The third kappa shape index (κ3) is 3.90. The number of benzene rings is 8. The van der Waals surface area contributed by atoms with Crippen LogP contribution in [-0.4, -0.2) is 9.97 Å². The van der Waals surface area contributed by atoms with E-state index in [1.807, 2.05) is 12.1 Å². The summed E-state index contributed by atoms with van der Waals surface area (Å²) in [4.78, 5) is 8.37. The van der Waals surface area contributed by atoms with Crippen molar-refractivity contribution in [3.8, 4) is 44.8 Å². The molecule has 1 aliphatic rings. The highest BCUT2D eigenvalue weighted by Crippen LogP contribution is 2.53. The van der Waals surface area contributed by atoms with Gasteiger partial charge in [-0.1, -0.05) is 135 Å². The molecule has 0 unspecified atom stereocenters. The average Bonchev–Trinajstić information content (AvgIpc) is 3.66. The van der Waals surface area contributed by atoms with Crippen molar-refractivity contribution in [3.05, 3.63) is 163 Å². The predicted molar refractivity (Wildman–Crippen MR) is 202 cm³/mol. The van der Waals surface area contributed by atoms with Gasteiger partial charge in [0, 0.05) is 11.0 Å². The number of aromatic nitrogens is 2. The number of rotatable bonds is 3. The van der Waals surface area contributed by atoms with Crippen molar-refractivity contribution in [1.82, 2.24) is 9.97 Å². The lowest BCUT2D eigenvalue weighted by Gasteiger charge is -2.24. The van der Waals surface area contributed by atoms with Gasteiger partial charge in [-0.25, -0.2) is 4.98 Å². The van der Waals surface area contributed by atoms with Crippen LogP contribution in [0.25, 0.3) is 88.1 Å². The smallest absolute Gasteiger partial charge is 0.138 e. The molecule has 0 bridgehead atoms. The maximum absolute atomic E-state index is 4.87. The Morgan fingerprint density at radius 2 is 1.08 bits per heavy atom. The fourth-order valence-electron chi connectivity index (χ4n) is 8.22. The van der Waals surface area contributed by atoms with E-state index in [9.17, 15) is 0 Å². The average molecular weight is 613 g/mol. The van der Waals surface area contributed by atoms with E-state index in [1.54, 1.807) is 0 Å². The molecular formula is C46H32N2. The molecule has 0 fully saturated rings. The molecule has 1 heterocycles. The summed E-state index contributed by atoms with van der Waals surface area (Å²) in [6.45, 7) is 4.75. The van der Waals surface area contributed by atoms with Gasteiger partial charge in [0.05, 0.1) is 11.0 Å². The van der Waals surface area contributed by atoms with Gasteiger partial charge in [-0.15, -0.1) is 0 Å². The molecule has 0 amide bonds. The second-order valence-electron chi connectivity index (χ2n) is 13.7. The van der Waals surface area contributed by atoms with Crippen molar-refractivity contribution in [1.29, 1.82) is 0 Å². The Hall–Kier alpha value is -5.99. The van der Waals surface area contributed by atoms with Crippen molar-refractivity contribution in [2.45, 2.75) is 19.3 Å². The zero-order valence-electron chi connectivity index (χ0n) is 26.9. The molecule has 10 rings (SSSR count). The van der Waals surface area contributed by atoms with Crippen molar-refractivity contribution in [2.24, 2.45) is 0 Å². The molecule has 1 N–H and O–H groups in total. The van der Waals surface area contributed by atoms with Crippen molar-refractivity contribution < 1.29 is 0 Å². The normalized spacial score (nSPS) is 13.4. The quantitative estimate of drug-likeness (QED) is 0.198. The van der Waals surface area contributed by atoms with Crippen molar-refractivity contribution in [2.75, 3.05) is 0 Å². The van der Waals surface area contributed by atoms with Gasteiger partial charge < -0.3 is 4.98 Å². The monoisotopic (exact) mass is 612 g/mol. The van der Waals surface area contributed by atoms with E-state index >= 15 is 0 Å². The Morgan fingerprint density at radius 1 is 0.458 bits per heavy atom. The second kappa shape index (κ2) is 10.0. The molecule has 2 nitrogen and oxygen atoms in total. The lowest BCUT2D eigenvalue weighted by atomic mass is 9.79. The minimum Gasteiger partial charge on any atom is -0.338 e. The van der Waals surface area contributed by atoms with E-state index in [4.69, 9.17) is 4.98 Å². The van der Waals surface area contributed by atoms with Crippen LogP contribution in [0.15, 0.2) is 152 Å². The molecule has 1 aliphatic carbocycles. The van der Waals surface area contributed by atoms with Crippen LogP contribution in [0.1, 0.15) is 25.0 Å². The summed E-state index contributed by atoms with van der Waals surface area (Å²) >= 11 is 0. The zero-order chi connectivity index (χ0) is 32.0. The van der Waals surface area contributed by atoms with E-state index in [0.29, 0.717) is 0 Å². The largest absolute Gasteiger partial charge is 0.338 e. The third-order valence-electron chi connectivity index (χ3n) is 10.6. The van der Waals surface area contributed by atoms with E-state index in [0.717, 1.165) is 22.4 Å². The fourth-order valence-corrected chi connectivity index (χ4v) is 8.22. The second-order valence-corrected chi connectivity index (χ2v) is 13.7. The van der Waals surface area contributed by atoms with Gasteiger partial charge >= 0.3 is 0 Å². The minimum absolute atomic E-state index is 0.0964. The number of imidazole rings is 1. The Morgan fingerprint density at radius 3 is 1.90 bits per heavy atom. The summed E-state index contributed by atoms with van der Waals surface area (Å²) in [6, 6.07) is 55.7. The summed E-state index contributed by atoms with van der Waals surface area (Å²) in [7, 11) is 0. The van der Waals surface area contributed by atoms with E-state index in [2.05, 4.69) is 158 Å². The maximum atomic E-state index is 4.87. The molecule has 48 heavy (non-hydrogen) atoms. The maximum Gasteiger partial charge on any atom is 0.138 e. The van der Waals surface area contributed by atoms with E-state index < -0.39 is 0 Å². The molecule has 0 spiro atoms. The summed E-state index contributed by atoms with van der Waals surface area (Å²) in [5.74, 6) is 0.890. The molecule has 2 heteroatoms. The number of nitrogens with one attached hydrogen (secondary N) is 1. The first-order valence-corrected chi connectivity index (χ1v) is 16.7. The van der Waals surface area contributed by atoms with Gasteiger partial charge in [-0.05, 0) is 107 Å².